The lowest BCUT2D eigenvalue weighted by molar-refractivity contribution is -0.145. The largest absolute Gasteiger partial charge is 0.462 e. The molecule has 1 aromatic carbocycles. The van der Waals surface area contributed by atoms with Gasteiger partial charge in [0, 0.05) is 49.4 Å². The molecule has 0 radical (unpaired) electrons. The smallest absolute Gasteiger partial charge is 0.345 e. The number of rotatable bonds is 7. The summed E-state index contributed by atoms with van der Waals surface area (Å²) in [7, 11) is 0. The first-order valence-electron chi connectivity index (χ1n) is 13.4. The van der Waals surface area contributed by atoms with Gasteiger partial charge in [0.2, 0.25) is 0 Å². The number of amides is 2. The molecule has 0 N–H and O–H groups in total. The molecule has 8 nitrogen and oxygen atoms in total. The van der Waals surface area contributed by atoms with Crippen LogP contribution in [-0.2, 0) is 14.3 Å². The van der Waals surface area contributed by atoms with Crippen molar-refractivity contribution in [2.24, 2.45) is 5.92 Å². The molecule has 2 atom stereocenters. The van der Waals surface area contributed by atoms with Gasteiger partial charge in [0.1, 0.15) is 5.57 Å². The van der Waals surface area contributed by atoms with Crippen LogP contribution in [0.15, 0.2) is 59.1 Å². The fourth-order valence-electron chi connectivity index (χ4n) is 5.95. The SMILES string of the molecule is CCOC(=O)C1=C(N2CCN(C(=O)c3cccs3)CC2)C2CCCCC2N(CC(=O)c2ccccc2)C1=O. The predicted molar refractivity (Wildman–Crippen MR) is 144 cm³/mol. The van der Waals surface area contributed by atoms with Crippen LogP contribution in [0.5, 0.6) is 0 Å². The molecule has 1 aromatic heterocycles. The van der Waals surface area contributed by atoms with Crippen LogP contribution < -0.4 is 0 Å². The second-order valence-electron chi connectivity index (χ2n) is 9.92. The van der Waals surface area contributed by atoms with E-state index < -0.39 is 11.9 Å². The third-order valence-electron chi connectivity index (χ3n) is 7.74. The molecule has 3 heterocycles. The topological polar surface area (TPSA) is 87.2 Å². The third-order valence-corrected chi connectivity index (χ3v) is 8.60. The summed E-state index contributed by atoms with van der Waals surface area (Å²) in [5.74, 6) is -1.24. The second-order valence-corrected chi connectivity index (χ2v) is 10.9. The summed E-state index contributed by atoms with van der Waals surface area (Å²) in [5, 5.41) is 1.89. The van der Waals surface area contributed by atoms with Crippen molar-refractivity contribution in [3.63, 3.8) is 0 Å². The lowest BCUT2D eigenvalue weighted by atomic mass is 9.76. The number of esters is 1. The van der Waals surface area contributed by atoms with E-state index in [-0.39, 0.29) is 42.4 Å². The summed E-state index contributed by atoms with van der Waals surface area (Å²) >= 11 is 1.43. The Kier molecular flexibility index (Phi) is 7.93. The highest BCUT2D eigenvalue weighted by Crippen LogP contribution is 2.41. The van der Waals surface area contributed by atoms with Gasteiger partial charge in [0.15, 0.2) is 5.78 Å². The van der Waals surface area contributed by atoms with Gasteiger partial charge in [-0.2, -0.15) is 0 Å². The Bertz CT molecular complexity index is 1220. The molecule has 1 saturated heterocycles. The maximum absolute atomic E-state index is 14.0. The Morgan fingerprint density at radius 1 is 0.974 bits per heavy atom. The van der Waals surface area contributed by atoms with Crippen LogP contribution in [0.1, 0.15) is 52.6 Å². The molecule has 0 spiro atoms. The van der Waals surface area contributed by atoms with E-state index in [0.717, 1.165) is 31.4 Å². The number of Topliss-reactive ketones (excluding diaryl/α,β-unsaturated/α-hetero) is 1. The highest BCUT2D eigenvalue weighted by molar-refractivity contribution is 7.12. The molecular weight excluding hydrogens is 502 g/mol. The molecule has 2 aliphatic heterocycles. The molecule has 2 unspecified atom stereocenters. The normalized spacial score (nSPS) is 21.8. The summed E-state index contributed by atoms with van der Waals surface area (Å²) in [4.78, 5) is 59.5. The van der Waals surface area contributed by atoms with Crippen LogP contribution in [0.25, 0.3) is 0 Å². The summed E-state index contributed by atoms with van der Waals surface area (Å²) in [6.07, 6.45) is 3.58. The number of hydrogen-bond acceptors (Lipinski definition) is 7. The second kappa shape index (κ2) is 11.5. The quantitative estimate of drug-likeness (QED) is 0.306. The van der Waals surface area contributed by atoms with Gasteiger partial charge in [-0.05, 0) is 31.2 Å². The van der Waals surface area contributed by atoms with E-state index in [1.165, 1.54) is 11.3 Å². The number of thiophene rings is 1. The number of ketones is 1. The summed E-state index contributed by atoms with van der Waals surface area (Å²) in [6, 6.07) is 12.5. The summed E-state index contributed by atoms with van der Waals surface area (Å²) in [5.41, 5.74) is 1.34. The molecule has 1 aliphatic carbocycles. The van der Waals surface area contributed by atoms with Crippen molar-refractivity contribution >= 4 is 34.9 Å². The molecule has 3 aliphatic rings. The van der Waals surface area contributed by atoms with Crippen molar-refractivity contribution in [1.82, 2.24) is 14.7 Å². The number of carbonyl (C=O) groups is 4. The fraction of sp³-hybridized carbons (Fsp3) is 0.448. The van der Waals surface area contributed by atoms with Crippen molar-refractivity contribution in [1.29, 1.82) is 0 Å². The Hall–Kier alpha value is -3.46. The molecule has 200 valence electrons. The van der Waals surface area contributed by atoms with Crippen molar-refractivity contribution in [3.8, 4) is 0 Å². The van der Waals surface area contributed by atoms with Crippen molar-refractivity contribution in [2.75, 3.05) is 39.3 Å². The predicted octanol–water partition coefficient (Wildman–Crippen LogP) is 3.61. The number of fused-ring (bicyclic) bond motifs is 1. The van der Waals surface area contributed by atoms with E-state index in [1.54, 1.807) is 36.1 Å². The highest BCUT2D eigenvalue weighted by Gasteiger charge is 2.47. The van der Waals surface area contributed by atoms with Crippen LogP contribution >= 0.6 is 11.3 Å². The zero-order valence-electron chi connectivity index (χ0n) is 21.6. The first kappa shape index (κ1) is 26.2. The zero-order valence-corrected chi connectivity index (χ0v) is 22.5. The molecule has 2 aromatic rings. The number of ether oxygens (including phenoxy) is 1. The van der Waals surface area contributed by atoms with Crippen molar-refractivity contribution < 1.29 is 23.9 Å². The van der Waals surface area contributed by atoms with Gasteiger partial charge in [-0.1, -0.05) is 49.2 Å². The van der Waals surface area contributed by atoms with Gasteiger partial charge in [-0.25, -0.2) is 4.79 Å². The average molecular weight is 536 g/mol. The van der Waals surface area contributed by atoms with Crippen LogP contribution in [0.4, 0.5) is 0 Å². The molecule has 2 amide bonds. The van der Waals surface area contributed by atoms with E-state index in [2.05, 4.69) is 4.90 Å². The summed E-state index contributed by atoms with van der Waals surface area (Å²) in [6.45, 7) is 3.91. The van der Waals surface area contributed by atoms with E-state index >= 15 is 0 Å². The number of piperazine rings is 1. The molecule has 5 rings (SSSR count). The van der Waals surface area contributed by atoms with E-state index in [1.807, 2.05) is 28.5 Å². The first-order chi connectivity index (χ1) is 18.5. The molecule has 2 fully saturated rings. The van der Waals surface area contributed by atoms with Gasteiger partial charge in [0.05, 0.1) is 18.0 Å². The Morgan fingerprint density at radius 3 is 2.39 bits per heavy atom. The fourth-order valence-corrected chi connectivity index (χ4v) is 6.64. The number of carbonyl (C=O) groups excluding carboxylic acids is 4. The zero-order chi connectivity index (χ0) is 26.6. The van der Waals surface area contributed by atoms with Crippen molar-refractivity contribution in [3.05, 3.63) is 69.6 Å². The van der Waals surface area contributed by atoms with Crippen LogP contribution in [-0.4, -0.2) is 83.6 Å². The number of hydrogen-bond donors (Lipinski definition) is 0. The standard InChI is InChI=1S/C29H33N3O5S/c1-2-37-29(36)25-26(30-14-16-31(17-15-30)27(34)24-13-8-18-38-24)21-11-6-7-12-22(21)32(28(25)35)19-23(33)20-9-4-3-5-10-20/h3-5,8-10,13,18,21-22H,2,6-7,11-12,14-17,19H2,1H3. The molecule has 0 bridgehead atoms. The lowest BCUT2D eigenvalue weighted by Crippen LogP contribution is -2.58. The maximum atomic E-state index is 14.0. The minimum Gasteiger partial charge on any atom is -0.462 e. The van der Waals surface area contributed by atoms with Gasteiger partial charge < -0.3 is 19.4 Å². The summed E-state index contributed by atoms with van der Waals surface area (Å²) < 4.78 is 5.38. The first-order valence-corrected chi connectivity index (χ1v) is 14.3. The van der Waals surface area contributed by atoms with Crippen LogP contribution in [0.3, 0.4) is 0 Å². The minimum absolute atomic E-state index is 0.0140. The maximum Gasteiger partial charge on any atom is 0.345 e. The highest BCUT2D eigenvalue weighted by atomic mass is 32.1. The van der Waals surface area contributed by atoms with Gasteiger partial charge >= 0.3 is 5.97 Å². The Balaban J connectivity index is 1.44. The molecule has 1 saturated carbocycles. The Morgan fingerprint density at radius 2 is 1.71 bits per heavy atom. The monoisotopic (exact) mass is 535 g/mol. The van der Waals surface area contributed by atoms with E-state index in [9.17, 15) is 19.2 Å². The molecular formula is C29H33N3O5S. The van der Waals surface area contributed by atoms with E-state index in [4.69, 9.17) is 4.74 Å². The van der Waals surface area contributed by atoms with Gasteiger partial charge in [-0.3, -0.25) is 14.4 Å². The molecule has 9 heteroatoms. The van der Waals surface area contributed by atoms with Crippen LogP contribution in [0.2, 0.25) is 0 Å². The van der Waals surface area contributed by atoms with Crippen LogP contribution in [0, 0.1) is 5.92 Å². The van der Waals surface area contributed by atoms with Gasteiger partial charge in [0.25, 0.3) is 11.8 Å². The lowest BCUT2D eigenvalue weighted by Gasteiger charge is -2.49. The number of nitrogens with zero attached hydrogens (tertiary/aromatic N) is 3. The minimum atomic E-state index is -0.634. The van der Waals surface area contributed by atoms with E-state index in [0.29, 0.717) is 36.6 Å². The molecule has 38 heavy (non-hydrogen) atoms. The van der Waals surface area contributed by atoms with Crippen molar-refractivity contribution in [2.45, 2.75) is 38.6 Å². The average Bonchev–Trinajstić information content (AvgIpc) is 3.49. The number of benzene rings is 1. The van der Waals surface area contributed by atoms with Gasteiger partial charge in [-0.15, -0.1) is 11.3 Å². The third kappa shape index (κ3) is 5.12. The Labute approximate surface area is 226 Å².